The van der Waals surface area contributed by atoms with E-state index in [1.807, 2.05) is 0 Å². The van der Waals surface area contributed by atoms with Gasteiger partial charge in [0, 0.05) is 24.8 Å². The molecule has 0 unspecified atom stereocenters. The van der Waals surface area contributed by atoms with Crippen LogP contribution in [0.1, 0.15) is 12.8 Å². The normalized spacial score (nSPS) is 16.2. The smallest absolute Gasteiger partial charge is 0.475 e. The molecule has 1 aromatic carbocycles. The Labute approximate surface area is 128 Å². The number of anilines is 1. The van der Waals surface area contributed by atoms with Crippen molar-refractivity contribution in [2.24, 2.45) is 0 Å². The van der Waals surface area contributed by atoms with Crippen molar-refractivity contribution in [2.75, 3.05) is 32.1 Å². The summed E-state index contributed by atoms with van der Waals surface area (Å²) in [6.45, 7) is 2.37. The zero-order valence-electron chi connectivity index (χ0n) is 12.7. The minimum Gasteiger partial charge on any atom is -0.475 e. The number of rotatable bonds is 2. The lowest BCUT2D eigenvalue weighted by Crippen LogP contribution is -2.41. The van der Waals surface area contributed by atoms with Crippen molar-refractivity contribution < 1.29 is 23.1 Å². The maximum atomic E-state index is 10.6. The number of para-hydroxylation sites is 1. The molecular weight excluding hydrogens is 297 g/mol. The van der Waals surface area contributed by atoms with Crippen LogP contribution in [0.15, 0.2) is 30.3 Å². The predicted molar refractivity (Wildman–Crippen MR) is 79.1 cm³/mol. The highest BCUT2D eigenvalue weighted by Gasteiger charge is 2.38. The molecule has 0 radical (unpaired) electrons. The molecule has 124 valence electrons. The van der Waals surface area contributed by atoms with Crippen LogP contribution in [-0.2, 0) is 4.79 Å². The van der Waals surface area contributed by atoms with Crippen molar-refractivity contribution >= 4 is 11.7 Å². The van der Waals surface area contributed by atoms with Gasteiger partial charge < -0.3 is 14.9 Å². The van der Waals surface area contributed by atoms with Crippen LogP contribution in [0.4, 0.5) is 18.9 Å². The lowest BCUT2D eigenvalue weighted by atomic mass is 10.0. The molecule has 0 bridgehead atoms. The number of aliphatic carboxylic acids is 1. The standard InChI is InChI=1S/C13H20N2.C2HF3O2/c1-14(2)12-8-10-15(11-9-12)13-6-4-3-5-7-13;3-2(4,5)1(6)7/h3-7,12H,8-11H2,1-2H3;(H,6,7). The Hall–Kier alpha value is -1.76. The average Bonchev–Trinajstić information content (AvgIpc) is 2.48. The zero-order chi connectivity index (χ0) is 16.8. The van der Waals surface area contributed by atoms with Crippen LogP contribution < -0.4 is 4.90 Å². The topological polar surface area (TPSA) is 43.8 Å². The number of nitrogens with zero attached hydrogens (tertiary/aromatic N) is 2. The quantitative estimate of drug-likeness (QED) is 0.911. The van der Waals surface area contributed by atoms with Crippen molar-refractivity contribution in [3.63, 3.8) is 0 Å². The fraction of sp³-hybridized carbons (Fsp3) is 0.533. The number of carbonyl (C=O) groups is 1. The molecule has 0 saturated carbocycles. The van der Waals surface area contributed by atoms with E-state index in [2.05, 4.69) is 54.2 Å². The monoisotopic (exact) mass is 318 g/mol. The molecule has 0 amide bonds. The van der Waals surface area contributed by atoms with E-state index >= 15 is 0 Å². The number of benzene rings is 1. The van der Waals surface area contributed by atoms with Crippen LogP contribution in [0.5, 0.6) is 0 Å². The molecule has 0 aliphatic carbocycles. The second-order valence-corrected chi connectivity index (χ2v) is 5.32. The third kappa shape index (κ3) is 5.93. The first kappa shape index (κ1) is 18.3. The summed E-state index contributed by atoms with van der Waals surface area (Å²) >= 11 is 0. The van der Waals surface area contributed by atoms with Crippen LogP contribution in [0, 0.1) is 0 Å². The molecule has 1 aliphatic heterocycles. The minimum absolute atomic E-state index is 0.768. The zero-order valence-corrected chi connectivity index (χ0v) is 12.7. The molecule has 1 N–H and O–H groups in total. The average molecular weight is 318 g/mol. The second-order valence-electron chi connectivity index (χ2n) is 5.32. The largest absolute Gasteiger partial charge is 0.490 e. The molecule has 7 heteroatoms. The number of carboxylic acid groups (broad SMARTS) is 1. The van der Waals surface area contributed by atoms with Crippen molar-refractivity contribution in [2.45, 2.75) is 25.1 Å². The van der Waals surface area contributed by atoms with Gasteiger partial charge in [-0.3, -0.25) is 0 Å². The molecular formula is C15H21F3N2O2. The van der Waals surface area contributed by atoms with Crippen molar-refractivity contribution in [3.8, 4) is 0 Å². The summed E-state index contributed by atoms with van der Waals surface area (Å²) in [4.78, 5) is 13.7. The van der Waals surface area contributed by atoms with E-state index in [0.717, 1.165) is 6.04 Å². The van der Waals surface area contributed by atoms with Gasteiger partial charge in [0.2, 0.25) is 0 Å². The van der Waals surface area contributed by atoms with Gasteiger partial charge in [-0.1, -0.05) is 18.2 Å². The van der Waals surface area contributed by atoms with Crippen molar-refractivity contribution in [1.29, 1.82) is 0 Å². The summed E-state index contributed by atoms with van der Waals surface area (Å²) in [7, 11) is 4.37. The Balaban J connectivity index is 0.000000295. The Morgan fingerprint density at radius 2 is 1.64 bits per heavy atom. The first-order valence-electron chi connectivity index (χ1n) is 6.98. The van der Waals surface area contributed by atoms with Gasteiger partial charge in [0.05, 0.1) is 0 Å². The highest BCUT2D eigenvalue weighted by molar-refractivity contribution is 5.73. The van der Waals surface area contributed by atoms with Crippen LogP contribution in [-0.4, -0.2) is 55.4 Å². The first-order valence-corrected chi connectivity index (χ1v) is 6.98. The summed E-state index contributed by atoms with van der Waals surface area (Å²) in [5.74, 6) is -2.76. The van der Waals surface area contributed by atoms with E-state index < -0.39 is 12.1 Å². The predicted octanol–water partition coefficient (Wildman–Crippen LogP) is 2.85. The summed E-state index contributed by atoms with van der Waals surface area (Å²) in [6.07, 6.45) is -2.52. The van der Waals surface area contributed by atoms with Crippen LogP contribution in [0.2, 0.25) is 0 Å². The Morgan fingerprint density at radius 3 is 2.00 bits per heavy atom. The fourth-order valence-electron chi connectivity index (χ4n) is 2.28. The molecule has 4 nitrogen and oxygen atoms in total. The minimum atomic E-state index is -5.08. The van der Waals surface area contributed by atoms with E-state index in [1.54, 1.807) is 0 Å². The van der Waals surface area contributed by atoms with Gasteiger partial charge in [0.1, 0.15) is 0 Å². The number of halogens is 3. The molecule has 0 spiro atoms. The number of alkyl halides is 3. The molecule has 1 aliphatic rings. The third-order valence-electron chi connectivity index (χ3n) is 3.56. The fourth-order valence-corrected chi connectivity index (χ4v) is 2.28. The van der Waals surface area contributed by atoms with Crippen molar-refractivity contribution in [3.05, 3.63) is 30.3 Å². The van der Waals surface area contributed by atoms with E-state index in [4.69, 9.17) is 9.90 Å². The Bertz CT molecular complexity index is 456. The van der Waals surface area contributed by atoms with Gasteiger partial charge in [-0.2, -0.15) is 13.2 Å². The Morgan fingerprint density at radius 1 is 1.18 bits per heavy atom. The number of hydrogen-bond acceptors (Lipinski definition) is 3. The number of piperidine rings is 1. The molecule has 1 fully saturated rings. The third-order valence-corrected chi connectivity index (χ3v) is 3.56. The highest BCUT2D eigenvalue weighted by Crippen LogP contribution is 2.20. The maximum Gasteiger partial charge on any atom is 0.490 e. The van der Waals surface area contributed by atoms with E-state index in [1.165, 1.54) is 31.6 Å². The van der Waals surface area contributed by atoms with Gasteiger partial charge in [0.15, 0.2) is 0 Å². The lowest BCUT2D eigenvalue weighted by Gasteiger charge is -2.36. The number of hydrogen-bond donors (Lipinski definition) is 1. The van der Waals surface area contributed by atoms with Crippen LogP contribution >= 0.6 is 0 Å². The van der Waals surface area contributed by atoms with Gasteiger partial charge in [0.25, 0.3) is 0 Å². The summed E-state index contributed by atoms with van der Waals surface area (Å²) in [6, 6.07) is 11.5. The molecule has 2 rings (SSSR count). The number of carboxylic acids is 1. The van der Waals surface area contributed by atoms with Crippen LogP contribution in [0.3, 0.4) is 0 Å². The lowest BCUT2D eigenvalue weighted by molar-refractivity contribution is -0.192. The van der Waals surface area contributed by atoms with Gasteiger partial charge in [-0.05, 0) is 39.1 Å². The van der Waals surface area contributed by atoms with E-state index in [9.17, 15) is 13.2 Å². The first-order chi connectivity index (χ1) is 10.2. The van der Waals surface area contributed by atoms with E-state index in [0.29, 0.717) is 0 Å². The second kappa shape index (κ2) is 8.03. The summed E-state index contributed by atoms with van der Waals surface area (Å²) < 4.78 is 31.7. The molecule has 22 heavy (non-hydrogen) atoms. The van der Waals surface area contributed by atoms with Gasteiger partial charge >= 0.3 is 12.1 Å². The van der Waals surface area contributed by atoms with Crippen LogP contribution in [0.25, 0.3) is 0 Å². The Kier molecular flexibility index (Phi) is 6.67. The molecule has 0 aromatic heterocycles. The van der Waals surface area contributed by atoms with Crippen molar-refractivity contribution in [1.82, 2.24) is 4.90 Å². The molecule has 1 saturated heterocycles. The SMILES string of the molecule is CN(C)C1CCN(c2ccccc2)CC1.O=C(O)C(F)(F)F. The maximum absolute atomic E-state index is 10.6. The van der Waals surface area contributed by atoms with Gasteiger partial charge in [-0.15, -0.1) is 0 Å². The van der Waals surface area contributed by atoms with Gasteiger partial charge in [-0.25, -0.2) is 4.79 Å². The molecule has 1 heterocycles. The molecule has 0 atom stereocenters. The molecule has 1 aromatic rings. The van der Waals surface area contributed by atoms with E-state index in [-0.39, 0.29) is 0 Å². The summed E-state index contributed by atoms with van der Waals surface area (Å²) in [5.41, 5.74) is 1.37. The highest BCUT2D eigenvalue weighted by atomic mass is 19.4. The summed E-state index contributed by atoms with van der Waals surface area (Å²) in [5, 5.41) is 7.12.